The fraction of sp³-hybridized carbons (Fsp3) is 0.400. The number of aromatic nitrogens is 2. The first-order valence-corrected chi connectivity index (χ1v) is 12.3. The quantitative estimate of drug-likeness (QED) is 0.516. The summed E-state index contributed by atoms with van der Waals surface area (Å²) < 4.78 is 6.47. The van der Waals surface area contributed by atoms with E-state index in [1.54, 1.807) is 0 Å². The lowest BCUT2D eigenvalue weighted by atomic mass is 9.95. The largest absolute Gasteiger partial charge is 0.368 e. The van der Waals surface area contributed by atoms with Crippen LogP contribution < -0.4 is 4.90 Å². The van der Waals surface area contributed by atoms with Crippen LogP contribution >= 0.6 is 15.9 Å². The minimum Gasteiger partial charge on any atom is -0.368 e. The van der Waals surface area contributed by atoms with Crippen LogP contribution in [0.25, 0.3) is 11.4 Å². The van der Waals surface area contributed by atoms with Gasteiger partial charge in [0.2, 0.25) is 17.6 Å². The molecule has 172 valence electrons. The predicted molar refractivity (Wildman–Crippen MR) is 131 cm³/mol. The average Bonchev–Trinajstić information content (AvgIpc) is 3.33. The zero-order chi connectivity index (χ0) is 22.6. The van der Waals surface area contributed by atoms with Crippen LogP contribution in [0.3, 0.4) is 0 Å². The number of hydrogen-bond donors (Lipinski definition) is 0. The number of benzene rings is 2. The van der Waals surface area contributed by atoms with Crippen LogP contribution in [0.4, 0.5) is 5.69 Å². The fourth-order valence-corrected chi connectivity index (χ4v) is 5.07. The molecule has 33 heavy (non-hydrogen) atoms. The number of piperidine rings is 1. The molecule has 3 aromatic rings. The summed E-state index contributed by atoms with van der Waals surface area (Å²) in [5, 5.41) is 4.13. The molecule has 7 nitrogen and oxygen atoms in total. The Bertz CT molecular complexity index is 1070. The Hall–Kier alpha value is -2.71. The minimum absolute atomic E-state index is 0.115. The summed E-state index contributed by atoms with van der Waals surface area (Å²) in [7, 11) is 0. The highest BCUT2D eigenvalue weighted by atomic mass is 79.9. The molecule has 1 amide bonds. The summed E-state index contributed by atoms with van der Waals surface area (Å²) in [6, 6.07) is 18.3. The van der Waals surface area contributed by atoms with Gasteiger partial charge in [-0.1, -0.05) is 51.4 Å². The fourth-order valence-electron chi connectivity index (χ4n) is 4.68. The molecule has 0 N–H and O–H groups in total. The first-order chi connectivity index (χ1) is 16.2. The second kappa shape index (κ2) is 10.1. The van der Waals surface area contributed by atoms with Gasteiger partial charge in [-0.3, -0.25) is 9.69 Å². The molecule has 0 saturated carbocycles. The zero-order valence-electron chi connectivity index (χ0n) is 18.6. The van der Waals surface area contributed by atoms with Crippen molar-refractivity contribution < 1.29 is 9.32 Å². The molecule has 0 radical (unpaired) electrons. The maximum absolute atomic E-state index is 13.1. The molecule has 2 aromatic carbocycles. The van der Waals surface area contributed by atoms with E-state index in [1.165, 1.54) is 5.69 Å². The van der Waals surface area contributed by atoms with Gasteiger partial charge < -0.3 is 14.3 Å². The Balaban J connectivity index is 1.09. The van der Waals surface area contributed by atoms with Crippen LogP contribution in [0.1, 0.15) is 18.7 Å². The first kappa shape index (κ1) is 22.1. The normalized spacial score (nSPS) is 18.0. The van der Waals surface area contributed by atoms with Crippen molar-refractivity contribution in [1.82, 2.24) is 19.9 Å². The second-order valence-electron chi connectivity index (χ2n) is 8.72. The second-order valence-corrected chi connectivity index (χ2v) is 9.64. The SMILES string of the molecule is O=C(C1CCN(Cc2nc(-c3cccc(Br)c3)no2)CC1)N1CCN(c2ccccc2)CC1. The van der Waals surface area contributed by atoms with E-state index in [9.17, 15) is 4.79 Å². The summed E-state index contributed by atoms with van der Waals surface area (Å²) in [6.45, 7) is 5.75. The monoisotopic (exact) mass is 509 g/mol. The maximum Gasteiger partial charge on any atom is 0.241 e. The average molecular weight is 510 g/mol. The van der Waals surface area contributed by atoms with Crippen LogP contribution in [-0.4, -0.2) is 65.1 Å². The third-order valence-corrected chi connectivity index (χ3v) is 7.05. The molecule has 0 bridgehead atoms. The first-order valence-electron chi connectivity index (χ1n) is 11.6. The molecular formula is C25H28BrN5O2. The summed E-state index contributed by atoms with van der Waals surface area (Å²) >= 11 is 3.48. The van der Waals surface area contributed by atoms with E-state index >= 15 is 0 Å². The summed E-state index contributed by atoms with van der Waals surface area (Å²) in [4.78, 5) is 24.4. The van der Waals surface area contributed by atoms with Crippen molar-refractivity contribution in [3.8, 4) is 11.4 Å². The molecule has 2 aliphatic rings. The molecule has 0 unspecified atom stereocenters. The van der Waals surface area contributed by atoms with Crippen molar-refractivity contribution in [2.24, 2.45) is 5.92 Å². The standard InChI is InChI=1S/C25H28BrN5O2/c26-21-6-4-5-20(17-21)24-27-23(33-28-24)18-29-11-9-19(10-12-29)25(32)31-15-13-30(14-16-31)22-7-2-1-3-8-22/h1-8,17,19H,9-16,18H2. The van der Waals surface area contributed by atoms with E-state index in [2.05, 4.69) is 65.0 Å². The highest BCUT2D eigenvalue weighted by Gasteiger charge is 2.31. The van der Waals surface area contributed by atoms with Gasteiger partial charge in [0.25, 0.3) is 0 Å². The molecule has 5 rings (SSSR count). The van der Waals surface area contributed by atoms with Crippen molar-refractivity contribution >= 4 is 27.5 Å². The molecule has 3 heterocycles. The number of nitrogens with zero attached hydrogens (tertiary/aromatic N) is 5. The number of piperazine rings is 1. The number of amides is 1. The lowest BCUT2D eigenvalue weighted by Crippen LogP contribution is -2.51. The van der Waals surface area contributed by atoms with Crippen LogP contribution in [0.5, 0.6) is 0 Å². The Labute approximate surface area is 202 Å². The van der Waals surface area contributed by atoms with Gasteiger partial charge in [-0.15, -0.1) is 0 Å². The van der Waals surface area contributed by atoms with Gasteiger partial charge in [0.05, 0.1) is 6.54 Å². The Morgan fingerprint density at radius 1 is 0.970 bits per heavy atom. The number of hydrogen-bond acceptors (Lipinski definition) is 6. The molecule has 8 heteroatoms. The third kappa shape index (κ3) is 5.28. The van der Waals surface area contributed by atoms with E-state index < -0.39 is 0 Å². The topological polar surface area (TPSA) is 65.7 Å². The van der Waals surface area contributed by atoms with Crippen molar-refractivity contribution in [3.63, 3.8) is 0 Å². The van der Waals surface area contributed by atoms with Crippen molar-refractivity contribution in [3.05, 3.63) is 65.0 Å². The molecule has 0 spiro atoms. The Kier molecular flexibility index (Phi) is 6.73. The van der Waals surface area contributed by atoms with E-state index in [-0.39, 0.29) is 5.92 Å². The van der Waals surface area contributed by atoms with Crippen molar-refractivity contribution in [1.29, 1.82) is 0 Å². The van der Waals surface area contributed by atoms with E-state index in [0.29, 0.717) is 24.2 Å². The number of para-hydroxylation sites is 1. The number of halogens is 1. The molecular weight excluding hydrogens is 482 g/mol. The lowest BCUT2D eigenvalue weighted by molar-refractivity contribution is -0.137. The lowest BCUT2D eigenvalue weighted by Gasteiger charge is -2.39. The van der Waals surface area contributed by atoms with Crippen LogP contribution in [0.15, 0.2) is 63.6 Å². The van der Waals surface area contributed by atoms with Gasteiger partial charge in [0.1, 0.15) is 0 Å². The molecule has 0 atom stereocenters. The summed E-state index contributed by atoms with van der Waals surface area (Å²) in [5.74, 6) is 1.65. The van der Waals surface area contributed by atoms with Gasteiger partial charge in [-0.2, -0.15) is 4.98 Å². The van der Waals surface area contributed by atoms with E-state index in [4.69, 9.17) is 4.52 Å². The van der Waals surface area contributed by atoms with E-state index in [0.717, 1.165) is 62.1 Å². The number of likely N-dealkylation sites (tertiary alicyclic amines) is 1. The zero-order valence-corrected chi connectivity index (χ0v) is 20.2. The third-order valence-electron chi connectivity index (χ3n) is 6.56. The molecule has 2 saturated heterocycles. The Morgan fingerprint density at radius 2 is 1.73 bits per heavy atom. The molecule has 0 aliphatic carbocycles. The highest BCUT2D eigenvalue weighted by molar-refractivity contribution is 9.10. The predicted octanol–water partition coefficient (Wildman–Crippen LogP) is 4.06. The van der Waals surface area contributed by atoms with Crippen LogP contribution in [0.2, 0.25) is 0 Å². The minimum atomic E-state index is 0.115. The smallest absolute Gasteiger partial charge is 0.241 e. The number of carbonyl (C=O) groups excluding carboxylic acids is 1. The van der Waals surface area contributed by atoms with Crippen molar-refractivity contribution in [2.75, 3.05) is 44.2 Å². The van der Waals surface area contributed by atoms with Crippen molar-refractivity contribution in [2.45, 2.75) is 19.4 Å². The number of anilines is 1. The van der Waals surface area contributed by atoms with E-state index in [1.807, 2.05) is 30.3 Å². The summed E-state index contributed by atoms with van der Waals surface area (Å²) in [6.07, 6.45) is 1.76. The number of carbonyl (C=O) groups is 1. The van der Waals surface area contributed by atoms with Gasteiger partial charge in [-0.05, 0) is 50.2 Å². The Morgan fingerprint density at radius 3 is 2.45 bits per heavy atom. The molecule has 2 fully saturated rings. The van der Waals surface area contributed by atoms with Crippen LogP contribution in [0, 0.1) is 5.92 Å². The summed E-state index contributed by atoms with van der Waals surface area (Å²) in [5.41, 5.74) is 2.16. The highest BCUT2D eigenvalue weighted by Crippen LogP contribution is 2.24. The molecule has 1 aromatic heterocycles. The number of rotatable bonds is 5. The van der Waals surface area contributed by atoms with Gasteiger partial charge in [0, 0.05) is 47.8 Å². The molecule has 2 aliphatic heterocycles. The van der Waals surface area contributed by atoms with Crippen LogP contribution in [-0.2, 0) is 11.3 Å². The van der Waals surface area contributed by atoms with Gasteiger partial charge >= 0.3 is 0 Å². The van der Waals surface area contributed by atoms with Gasteiger partial charge in [0.15, 0.2) is 0 Å². The van der Waals surface area contributed by atoms with Gasteiger partial charge in [-0.25, -0.2) is 0 Å². The maximum atomic E-state index is 13.1.